The molecule has 232 valence electrons. The molecule has 0 heterocycles. The van der Waals surface area contributed by atoms with Gasteiger partial charge in [-0.1, -0.05) is 51.8 Å². The van der Waals surface area contributed by atoms with Gasteiger partial charge in [0.15, 0.2) is 0 Å². The highest BCUT2D eigenvalue weighted by molar-refractivity contribution is 7.87. The molecule has 3 nitrogen and oxygen atoms in total. The van der Waals surface area contributed by atoms with Gasteiger partial charge in [0.2, 0.25) is 0 Å². The molecule has 0 aromatic rings. The van der Waals surface area contributed by atoms with E-state index in [1.807, 2.05) is 20.8 Å². The van der Waals surface area contributed by atoms with Gasteiger partial charge in [-0.2, -0.15) is 21.6 Å². The molecule has 6 aliphatic carbocycles. The zero-order valence-corrected chi connectivity index (χ0v) is 26.6. The van der Waals surface area contributed by atoms with Crippen molar-refractivity contribution in [3.63, 3.8) is 0 Å². The average Bonchev–Trinajstić information content (AvgIpc) is 3.27. The van der Waals surface area contributed by atoms with Crippen molar-refractivity contribution < 1.29 is 25.8 Å². The van der Waals surface area contributed by atoms with E-state index in [1.54, 1.807) is 17.7 Å². The van der Waals surface area contributed by atoms with Gasteiger partial charge >= 0.3 is 15.6 Å². The molecule has 7 unspecified atom stereocenters. The molecule has 0 radical (unpaired) electrons. The molecule has 6 rings (SSSR count). The molecular formula is C34H51F3O3S. The lowest BCUT2D eigenvalue weighted by Crippen LogP contribution is -2.61. The predicted octanol–water partition coefficient (Wildman–Crippen LogP) is 10.1. The van der Waals surface area contributed by atoms with Crippen molar-refractivity contribution in [3.05, 3.63) is 36.1 Å². The van der Waals surface area contributed by atoms with Crippen LogP contribution in [0, 0.1) is 51.2 Å². The highest BCUT2D eigenvalue weighted by Crippen LogP contribution is 2.73. The first-order chi connectivity index (χ1) is 19.1. The third-order valence-corrected chi connectivity index (χ3v) is 14.0. The fraction of sp³-hybridized carbons (Fsp3) is 0.824. The van der Waals surface area contributed by atoms with Gasteiger partial charge in [0.1, 0.15) is 5.76 Å². The van der Waals surface area contributed by atoms with Crippen molar-refractivity contribution in [2.75, 3.05) is 0 Å². The van der Waals surface area contributed by atoms with Crippen molar-refractivity contribution in [2.45, 2.75) is 124 Å². The van der Waals surface area contributed by atoms with Crippen molar-refractivity contribution >= 4 is 10.1 Å². The Morgan fingerprint density at radius 3 is 2.20 bits per heavy atom. The van der Waals surface area contributed by atoms with Gasteiger partial charge in [0, 0.05) is 5.41 Å². The lowest BCUT2D eigenvalue weighted by Gasteiger charge is -2.68. The number of allylic oxidation sites excluding steroid dienone is 5. The second-order valence-electron chi connectivity index (χ2n) is 15.3. The maximum atomic E-state index is 13.1. The van der Waals surface area contributed by atoms with E-state index in [-0.39, 0.29) is 22.5 Å². The number of halogens is 3. The second kappa shape index (κ2) is 10.4. The van der Waals surface area contributed by atoms with Gasteiger partial charge < -0.3 is 4.18 Å². The van der Waals surface area contributed by atoms with E-state index >= 15 is 0 Å². The maximum absolute atomic E-state index is 13.1. The van der Waals surface area contributed by atoms with Crippen LogP contribution in [0.2, 0.25) is 0 Å². The Morgan fingerprint density at radius 1 is 0.902 bits per heavy atom. The summed E-state index contributed by atoms with van der Waals surface area (Å²) in [5.41, 5.74) is -3.89. The highest BCUT2D eigenvalue weighted by atomic mass is 32.2. The van der Waals surface area contributed by atoms with E-state index in [0.717, 1.165) is 24.7 Å². The second-order valence-corrected chi connectivity index (χ2v) is 16.9. The fourth-order valence-electron chi connectivity index (χ4n) is 11.3. The fourth-order valence-corrected chi connectivity index (χ4v) is 12.0. The van der Waals surface area contributed by atoms with Crippen LogP contribution in [0.25, 0.3) is 0 Å². The van der Waals surface area contributed by atoms with E-state index < -0.39 is 21.0 Å². The third kappa shape index (κ3) is 4.86. The van der Waals surface area contributed by atoms with Crippen LogP contribution in [0.4, 0.5) is 13.2 Å². The van der Waals surface area contributed by atoms with Gasteiger partial charge in [0.05, 0.1) is 0 Å². The van der Waals surface area contributed by atoms with Crippen LogP contribution in [-0.2, 0) is 14.3 Å². The summed E-state index contributed by atoms with van der Waals surface area (Å²) in [5, 5.41) is 0. The highest BCUT2D eigenvalue weighted by Gasteiger charge is 2.66. The average molecular weight is 597 g/mol. The molecule has 0 saturated heterocycles. The summed E-state index contributed by atoms with van der Waals surface area (Å²) in [4.78, 5) is 0. The molecule has 7 heteroatoms. The Labute approximate surface area is 246 Å². The minimum atomic E-state index is -5.67. The standard InChI is InChI=1S/C31H45F3O3S.C3H6/c1-27(2)24-13-16-28(3)22-12-18-30(19-20-7-5-8-20)15-6-9-23(30)21(22)10-11-25(28)29(24,4)17-14-26(27)37-38(35,36)31(32,33)34;1-3-2/h14,19,21-25H,5-13,15-18H2,1-4H3;3H,1H2,2H3/t21?,22?,23-,24?,25?,28?,29?,30?;/m1./s1. The Kier molecular flexibility index (Phi) is 7.94. The van der Waals surface area contributed by atoms with E-state index in [1.165, 1.54) is 64.2 Å². The molecule has 6 aliphatic rings. The van der Waals surface area contributed by atoms with Crippen LogP contribution in [-0.4, -0.2) is 13.9 Å². The van der Waals surface area contributed by atoms with Crippen LogP contribution in [0.3, 0.4) is 0 Å². The summed E-state index contributed by atoms with van der Waals surface area (Å²) in [6.07, 6.45) is 21.9. The first kappa shape index (κ1) is 31.2. The van der Waals surface area contributed by atoms with Crippen molar-refractivity contribution in [3.8, 4) is 0 Å². The topological polar surface area (TPSA) is 43.4 Å². The normalized spacial score (nSPS) is 43.0. The van der Waals surface area contributed by atoms with Crippen molar-refractivity contribution in [1.29, 1.82) is 0 Å². The first-order valence-electron chi connectivity index (χ1n) is 16.0. The molecule has 5 fully saturated rings. The largest absolute Gasteiger partial charge is 0.534 e. The Bertz CT molecular complexity index is 1190. The summed E-state index contributed by atoms with van der Waals surface area (Å²) in [6, 6.07) is 0. The Morgan fingerprint density at radius 2 is 1.59 bits per heavy atom. The molecule has 0 bridgehead atoms. The monoisotopic (exact) mass is 596 g/mol. The van der Waals surface area contributed by atoms with Gasteiger partial charge in [0.25, 0.3) is 0 Å². The first-order valence-corrected chi connectivity index (χ1v) is 17.5. The summed E-state index contributed by atoms with van der Waals surface area (Å²) in [5.74, 6) is 2.87. The molecule has 0 aromatic carbocycles. The number of fused-ring (bicyclic) bond motifs is 7. The third-order valence-electron chi connectivity index (χ3n) is 13.0. The number of alkyl halides is 3. The lowest BCUT2D eigenvalue weighted by molar-refractivity contribution is -0.180. The van der Waals surface area contributed by atoms with E-state index in [0.29, 0.717) is 23.7 Å². The number of rotatable bonds is 3. The molecule has 41 heavy (non-hydrogen) atoms. The van der Waals surface area contributed by atoms with Crippen molar-refractivity contribution in [1.82, 2.24) is 0 Å². The zero-order chi connectivity index (χ0) is 30.1. The smallest absolute Gasteiger partial charge is 0.380 e. The molecule has 0 aliphatic heterocycles. The predicted molar refractivity (Wildman–Crippen MR) is 158 cm³/mol. The molecule has 8 atom stereocenters. The zero-order valence-electron chi connectivity index (χ0n) is 25.8. The molecule has 0 amide bonds. The summed E-state index contributed by atoms with van der Waals surface area (Å²) in [7, 11) is -5.67. The van der Waals surface area contributed by atoms with Crippen LogP contribution < -0.4 is 0 Å². The van der Waals surface area contributed by atoms with Crippen LogP contribution in [0.5, 0.6) is 0 Å². The minimum absolute atomic E-state index is 0.0213. The molecule has 0 aromatic heterocycles. The van der Waals surface area contributed by atoms with E-state index in [2.05, 4.69) is 26.5 Å². The minimum Gasteiger partial charge on any atom is -0.380 e. The maximum Gasteiger partial charge on any atom is 0.534 e. The Hall–Kier alpha value is -1.24. The van der Waals surface area contributed by atoms with Gasteiger partial charge in [-0.05, 0) is 136 Å². The molecular weight excluding hydrogens is 545 g/mol. The molecule has 5 saturated carbocycles. The van der Waals surface area contributed by atoms with Crippen molar-refractivity contribution in [2.24, 2.45) is 51.2 Å². The van der Waals surface area contributed by atoms with Gasteiger partial charge in [-0.3, -0.25) is 0 Å². The summed E-state index contributed by atoms with van der Waals surface area (Å²) < 4.78 is 68.0. The summed E-state index contributed by atoms with van der Waals surface area (Å²) >= 11 is 0. The van der Waals surface area contributed by atoms with Crippen LogP contribution in [0.1, 0.15) is 118 Å². The van der Waals surface area contributed by atoms with Gasteiger partial charge in [-0.25, -0.2) is 0 Å². The molecule has 0 N–H and O–H groups in total. The Balaban J connectivity index is 0.00000108. The van der Waals surface area contributed by atoms with E-state index in [4.69, 9.17) is 4.18 Å². The molecule has 0 spiro atoms. The number of hydrogen-bond donors (Lipinski definition) is 0. The lowest BCUT2D eigenvalue weighted by atomic mass is 9.37. The van der Waals surface area contributed by atoms with E-state index in [9.17, 15) is 21.6 Å². The van der Waals surface area contributed by atoms with Gasteiger partial charge in [-0.15, -0.1) is 6.58 Å². The number of hydrogen-bond acceptors (Lipinski definition) is 3. The van der Waals surface area contributed by atoms with Crippen LogP contribution >= 0.6 is 0 Å². The summed E-state index contributed by atoms with van der Waals surface area (Å²) in [6.45, 7) is 13.9. The van der Waals surface area contributed by atoms with Crippen LogP contribution in [0.15, 0.2) is 36.1 Å². The quantitative estimate of drug-likeness (QED) is 0.185. The SMILES string of the molecule is C=CC.CC1(C)C(OS(=O)(=O)C(F)(F)F)=CCC2(C)C1CCC1(C)C3CCC4(C=C5CCC5)CCC[C@@H]4C3CCC12.